The molecule has 1 aliphatic heterocycles. The summed E-state index contributed by atoms with van der Waals surface area (Å²) in [6.45, 7) is 11.2. The van der Waals surface area contributed by atoms with Crippen LogP contribution in [-0.2, 0) is 4.79 Å². The van der Waals surface area contributed by atoms with Crippen molar-refractivity contribution in [3.63, 3.8) is 0 Å². The first-order chi connectivity index (χ1) is 9.52. The number of amides is 1. The second-order valence-electron chi connectivity index (χ2n) is 5.87. The lowest BCUT2D eigenvalue weighted by Crippen LogP contribution is -2.36. The van der Waals surface area contributed by atoms with Gasteiger partial charge in [-0.25, -0.2) is 0 Å². The van der Waals surface area contributed by atoms with Gasteiger partial charge in [-0.2, -0.15) is 0 Å². The van der Waals surface area contributed by atoms with Gasteiger partial charge in [-0.1, -0.05) is 24.6 Å². The maximum atomic E-state index is 11.9. The lowest BCUT2D eigenvalue weighted by Gasteiger charge is -2.27. The van der Waals surface area contributed by atoms with Gasteiger partial charge < -0.3 is 10.2 Å². The first kappa shape index (κ1) is 15.0. The van der Waals surface area contributed by atoms with Crippen molar-refractivity contribution in [1.29, 1.82) is 0 Å². The number of rotatable bonds is 5. The largest absolute Gasteiger partial charge is 0.341 e. The van der Waals surface area contributed by atoms with E-state index in [0.29, 0.717) is 12.3 Å². The minimum Gasteiger partial charge on any atom is -0.341 e. The van der Waals surface area contributed by atoms with Gasteiger partial charge in [0.1, 0.15) is 0 Å². The highest BCUT2D eigenvalue weighted by Crippen LogP contribution is 2.25. The second-order valence-corrected chi connectivity index (χ2v) is 5.87. The number of aryl methyl sites for hydroxylation is 3. The molecule has 3 heteroatoms. The Morgan fingerprint density at radius 2 is 1.90 bits per heavy atom. The van der Waals surface area contributed by atoms with E-state index < -0.39 is 0 Å². The van der Waals surface area contributed by atoms with E-state index in [0.717, 1.165) is 26.1 Å². The van der Waals surface area contributed by atoms with E-state index in [4.69, 9.17) is 0 Å². The summed E-state index contributed by atoms with van der Waals surface area (Å²) in [7, 11) is 0. The van der Waals surface area contributed by atoms with Gasteiger partial charge in [0, 0.05) is 19.5 Å². The van der Waals surface area contributed by atoms with Gasteiger partial charge in [-0.15, -0.1) is 0 Å². The predicted octanol–water partition coefficient (Wildman–Crippen LogP) is 2.88. The lowest BCUT2D eigenvalue weighted by molar-refractivity contribution is -0.128. The molecule has 0 spiro atoms. The van der Waals surface area contributed by atoms with Crippen LogP contribution in [0.1, 0.15) is 48.1 Å². The van der Waals surface area contributed by atoms with Crippen molar-refractivity contribution in [1.82, 2.24) is 10.2 Å². The second kappa shape index (κ2) is 6.40. The molecule has 110 valence electrons. The fourth-order valence-corrected chi connectivity index (χ4v) is 3.36. The maximum Gasteiger partial charge on any atom is 0.222 e. The fourth-order valence-electron chi connectivity index (χ4n) is 3.36. The predicted molar refractivity (Wildman–Crippen MR) is 82.9 cm³/mol. The van der Waals surface area contributed by atoms with Crippen LogP contribution in [0.25, 0.3) is 0 Å². The fraction of sp³-hybridized carbons (Fsp3) is 0.588. The molecule has 1 N–H and O–H groups in total. The summed E-state index contributed by atoms with van der Waals surface area (Å²) in [6.07, 6.45) is 1.72. The molecule has 1 unspecified atom stereocenters. The zero-order chi connectivity index (χ0) is 14.7. The minimum atomic E-state index is 0.239. The van der Waals surface area contributed by atoms with Crippen LogP contribution in [0.2, 0.25) is 0 Å². The molecule has 1 amide bonds. The first-order valence-corrected chi connectivity index (χ1v) is 7.61. The molecule has 1 atom stereocenters. The molecule has 0 saturated carbocycles. The molecule has 0 radical (unpaired) electrons. The van der Waals surface area contributed by atoms with Gasteiger partial charge in [-0.3, -0.25) is 4.79 Å². The van der Waals surface area contributed by atoms with Crippen molar-refractivity contribution in [3.8, 4) is 0 Å². The Labute approximate surface area is 122 Å². The number of nitrogens with zero attached hydrogens (tertiary/aromatic N) is 1. The van der Waals surface area contributed by atoms with Crippen molar-refractivity contribution >= 4 is 5.91 Å². The van der Waals surface area contributed by atoms with E-state index in [-0.39, 0.29) is 6.04 Å². The summed E-state index contributed by atoms with van der Waals surface area (Å²) in [6, 6.07) is 4.71. The van der Waals surface area contributed by atoms with Crippen molar-refractivity contribution in [3.05, 3.63) is 34.4 Å². The average Bonchev–Trinajstić information content (AvgIpc) is 2.74. The Morgan fingerprint density at radius 3 is 2.40 bits per heavy atom. The summed E-state index contributed by atoms with van der Waals surface area (Å²) < 4.78 is 0. The summed E-state index contributed by atoms with van der Waals surface area (Å²) in [5, 5.41) is 3.55. The third-order valence-electron chi connectivity index (χ3n) is 4.11. The molecule has 3 nitrogen and oxygen atoms in total. The molecule has 1 heterocycles. The van der Waals surface area contributed by atoms with Gasteiger partial charge in [-0.05, 0) is 50.4 Å². The van der Waals surface area contributed by atoms with Gasteiger partial charge >= 0.3 is 0 Å². The van der Waals surface area contributed by atoms with E-state index in [2.05, 4.69) is 45.1 Å². The number of carbonyl (C=O) groups excluding carboxylic acids is 1. The topological polar surface area (TPSA) is 32.3 Å². The highest BCUT2D eigenvalue weighted by Gasteiger charge is 2.25. The summed E-state index contributed by atoms with van der Waals surface area (Å²) in [5.74, 6) is 0.301. The number of nitrogens with one attached hydrogen (secondary N) is 1. The zero-order valence-electron chi connectivity index (χ0n) is 13.1. The monoisotopic (exact) mass is 274 g/mol. The first-order valence-electron chi connectivity index (χ1n) is 7.61. The van der Waals surface area contributed by atoms with E-state index in [1.54, 1.807) is 0 Å². The minimum absolute atomic E-state index is 0.239. The Morgan fingerprint density at radius 1 is 1.25 bits per heavy atom. The van der Waals surface area contributed by atoms with Crippen LogP contribution in [-0.4, -0.2) is 30.4 Å². The smallest absolute Gasteiger partial charge is 0.222 e. The Hall–Kier alpha value is -1.35. The van der Waals surface area contributed by atoms with E-state index >= 15 is 0 Å². The molecular weight excluding hydrogens is 248 g/mol. The van der Waals surface area contributed by atoms with Crippen LogP contribution < -0.4 is 5.32 Å². The van der Waals surface area contributed by atoms with Crippen molar-refractivity contribution in [2.75, 3.05) is 19.6 Å². The van der Waals surface area contributed by atoms with Gasteiger partial charge in [0.25, 0.3) is 0 Å². The van der Waals surface area contributed by atoms with Gasteiger partial charge in [0.2, 0.25) is 5.91 Å². The summed E-state index contributed by atoms with van der Waals surface area (Å²) in [4.78, 5) is 13.9. The number of hydrogen-bond donors (Lipinski definition) is 1. The van der Waals surface area contributed by atoms with Crippen molar-refractivity contribution < 1.29 is 4.79 Å². The quantitative estimate of drug-likeness (QED) is 0.895. The SMILES string of the molecule is CCNC(CN1CCCC1=O)c1c(C)cc(C)cc1C. The molecule has 1 saturated heterocycles. The Bertz CT molecular complexity index is 473. The molecule has 0 bridgehead atoms. The van der Waals surface area contributed by atoms with Crippen LogP contribution in [0.3, 0.4) is 0 Å². The van der Waals surface area contributed by atoms with Crippen LogP contribution in [0.15, 0.2) is 12.1 Å². The summed E-state index contributed by atoms with van der Waals surface area (Å²) in [5.41, 5.74) is 5.30. The third-order valence-corrected chi connectivity index (χ3v) is 4.11. The van der Waals surface area contributed by atoms with E-state index in [9.17, 15) is 4.79 Å². The van der Waals surface area contributed by atoms with Crippen LogP contribution in [0, 0.1) is 20.8 Å². The van der Waals surface area contributed by atoms with Gasteiger partial charge in [0.15, 0.2) is 0 Å². The van der Waals surface area contributed by atoms with E-state index in [1.165, 1.54) is 22.3 Å². The lowest BCUT2D eigenvalue weighted by atomic mass is 9.93. The molecule has 1 aromatic rings. The van der Waals surface area contributed by atoms with E-state index in [1.807, 2.05) is 4.90 Å². The maximum absolute atomic E-state index is 11.9. The molecule has 20 heavy (non-hydrogen) atoms. The number of carbonyl (C=O) groups is 1. The Balaban J connectivity index is 2.26. The standard InChI is InChI=1S/C17H26N2O/c1-5-18-15(11-19-8-6-7-16(19)20)17-13(3)9-12(2)10-14(17)4/h9-10,15,18H,5-8,11H2,1-4H3. The normalized spacial score (nSPS) is 16.8. The number of likely N-dealkylation sites (tertiary alicyclic amines) is 1. The Kier molecular flexibility index (Phi) is 4.81. The molecule has 1 aromatic carbocycles. The highest BCUT2D eigenvalue weighted by atomic mass is 16.2. The molecule has 1 fully saturated rings. The number of benzene rings is 1. The molecule has 2 rings (SSSR count). The molecule has 0 aliphatic carbocycles. The molecule has 0 aromatic heterocycles. The summed E-state index contributed by atoms with van der Waals surface area (Å²) >= 11 is 0. The van der Waals surface area contributed by atoms with Crippen LogP contribution >= 0.6 is 0 Å². The zero-order valence-corrected chi connectivity index (χ0v) is 13.1. The van der Waals surface area contributed by atoms with Crippen molar-refractivity contribution in [2.45, 2.75) is 46.6 Å². The number of hydrogen-bond acceptors (Lipinski definition) is 2. The third kappa shape index (κ3) is 3.21. The average molecular weight is 274 g/mol. The van der Waals surface area contributed by atoms with Gasteiger partial charge in [0.05, 0.1) is 6.04 Å². The van der Waals surface area contributed by atoms with Crippen LogP contribution in [0.4, 0.5) is 0 Å². The number of likely N-dealkylation sites (N-methyl/N-ethyl adjacent to an activating group) is 1. The highest BCUT2D eigenvalue weighted by molar-refractivity contribution is 5.78. The molecule has 1 aliphatic rings. The van der Waals surface area contributed by atoms with Crippen LogP contribution in [0.5, 0.6) is 0 Å². The van der Waals surface area contributed by atoms with Crippen molar-refractivity contribution in [2.24, 2.45) is 0 Å². The molecular formula is C17H26N2O.